The van der Waals surface area contributed by atoms with E-state index in [9.17, 15) is 4.79 Å². The zero-order valence-corrected chi connectivity index (χ0v) is 11.7. The molecule has 1 heterocycles. The Kier molecular flexibility index (Phi) is 4.90. The molecule has 5 nitrogen and oxygen atoms in total. The van der Waals surface area contributed by atoms with Gasteiger partial charge in [-0.1, -0.05) is 30.3 Å². The van der Waals surface area contributed by atoms with Crippen LogP contribution in [0, 0.1) is 0 Å². The van der Waals surface area contributed by atoms with Gasteiger partial charge in [0.05, 0.1) is 25.2 Å². The van der Waals surface area contributed by atoms with Gasteiger partial charge in [0.1, 0.15) is 12.3 Å². The standard InChI is InChI=1S/C15H18N2O3/c1-12(13-6-4-3-5-7-13)17-11-16-10-14(17)15(18)20-9-8-19-2/h3-7,10-12H,8-9H2,1-2H3. The van der Waals surface area contributed by atoms with Gasteiger partial charge in [0.15, 0.2) is 0 Å². The fourth-order valence-corrected chi connectivity index (χ4v) is 1.96. The summed E-state index contributed by atoms with van der Waals surface area (Å²) < 4.78 is 11.8. The number of aromatic nitrogens is 2. The van der Waals surface area contributed by atoms with E-state index in [-0.39, 0.29) is 18.6 Å². The lowest BCUT2D eigenvalue weighted by molar-refractivity contribution is 0.0375. The predicted molar refractivity (Wildman–Crippen MR) is 74.6 cm³/mol. The Morgan fingerprint density at radius 3 is 2.75 bits per heavy atom. The minimum Gasteiger partial charge on any atom is -0.459 e. The molecular formula is C15H18N2O3. The molecule has 0 saturated heterocycles. The van der Waals surface area contributed by atoms with Gasteiger partial charge in [-0.3, -0.25) is 0 Å². The summed E-state index contributed by atoms with van der Waals surface area (Å²) in [6.07, 6.45) is 3.17. The highest BCUT2D eigenvalue weighted by atomic mass is 16.6. The zero-order valence-electron chi connectivity index (χ0n) is 11.7. The summed E-state index contributed by atoms with van der Waals surface area (Å²) in [4.78, 5) is 16.0. The number of carbonyl (C=O) groups excluding carboxylic acids is 1. The molecule has 20 heavy (non-hydrogen) atoms. The number of methoxy groups -OCH3 is 1. The van der Waals surface area contributed by atoms with E-state index in [1.807, 2.05) is 41.8 Å². The average molecular weight is 274 g/mol. The highest BCUT2D eigenvalue weighted by Gasteiger charge is 2.17. The van der Waals surface area contributed by atoms with Crippen LogP contribution in [0.15, 0.2) is 42.9 Å². The van der Waals surface area contributed by atoms with Crippen LogP contribution in [0.4, 0.5) is 0 Å². The predicted octanol–water partition coefficient (Wildman–Crippen LogP) is 2.30. The van der Waals surface area contributed by atoms with E-state index in [0.717, 1.165) is 5.56 Å². The summed E-state index contributed by atoms with van der Waals surface area (Å²) >= 11 is 0. The summed E-state index contributed by atoms with van der Waals surface area (Å²) in [5.74, 6) is -0.387. The molecule has 0 amide bonds. The number of carbonyl (C=O) groups is 1. The van der Waals surface area contributed by atoms with Crippen molar-refractivity contribution in [2.24, 2.45) is 0 Å². The Morgan fingerprint density at radius 1 is 1.30 bits per heavy atom. The Balaban J connectivity index is 2.14. The molecule has 0 aliphatic rings. The summed E-state index contributed by atoms with van der Waals surface area (Å²) in [5.41, 5.74) is 1.55. The smallest absolute Gasteiger partial charge is 0.356 e. The third kappa shape index (κ3) is 3.24. The molecular weight excluding hydrogens is 256 g/mol. The monoisotopic (exact) mass is 274 g/mol. The van der Waals surface area contributed by atoms with Crippen LogP contribution in [-0.4, -0.2) is 35.8 Å². The number of ether oxygens (including phenoxy) is 2. The molecule has 1 aromatic heterocycles. The van der Waals surface area contributed by atoms with Crippen LogP contribution in [-0.2, 0) is 9.47 Å². The van der Waals surface area contributed by atoms with Crippen LogP contribution in [0.3, 0.4) is 0 Å². The molecule has 2 rings (SSSR count). The van der Waals surface area contributed by atoms with Gasteiger partial charge in [-0.05, 0) is 12.5 Å². The second-order valence-corrected chi connectivity index (χ2v) is 4.40. The second kappa shape index (κ2) is 6.86. The van der Waals surface area contributed by atoms with Gasteiger partial charge < -0.3 is 14.0 Å². The molecule has 0 radical (unpaired) electrons. The van der Waals surface area contributed by atoms with E-state index in [0.29, 0.717) is 12.3 Å². The Labute approximate surface area is 118 Å². The highest BCUT2D eigenvalue weighted by Crippen LogP contribution is 2.19. The number of imidazole rings is 1. The minimum absolute atomic E-state index is 0.0173. The van der Waals surface area contributed by atoms with Gasteiger partial charge in [0, 0.05) is 7.11 Å². The van der Waals surface area contributed by atoms with Crippen molar-refractivity contribution in [2.75, 3.05) is 20.3 Å². The molecule has 0 spiro atoms. The lowest BCUT2D eigenvalue weighted by atomic mass is 10.1. The first-order chi connectivity index (χ1) is 9.74. The second-order valence-electron chi connectivity index (χ2n) is 4.40. The van der Waals surface area contributed by atoms with E-state index in [2.05, 4.69) is 4.98 Å². The third-order valence-electron chi connectivity index (χ3n) is 3.10. The Hall–Kier alpha value is -2.14. The van der Waals surface area contributed by atoms with Crippen molar-refractivity contribution in [1.82, 2.24) is 9.55 Å². The van der Waals surface area contributed by atoms with E-state index < -0.39 is 0 Å². The first-order valence-electron chi connectivity index (χ1n) is 6.47. The number of rotatable bonds is 6. The van der Waals surface area contributed by atoms with E-state index >= 15 is 0 Å². The van der Waals surface area contributed by atoms with Gasteiger partial charge in [-0.25, -0.2) is 9.78 Å². The molecule has 1 aromatic carbocycles. The summed E-state index contributed by atoms with van der Waals surface area (Å²) in [6.45, 7) is 2.64. The van der Waals surface area contributed by atoms with E-state index in [1.165, 1.54) is 6.20 Å². The van der Waals surface area contributed by atoms with Gasteiger partial charge >= 0.3 is 5.97 Å². The van der Waals surface area contributed by atoms with Crippen molar-refractivity contribution in [3.8, 4) is 0 Å². The first kappa shape index (κ1) is 14.3. The number of benzene rings is 1. The van der Waals surface area contributed by atoms with Gasteiger partial charge in [0.25, 0.3) is 0 Å². The third-order valence-corrected chi connectivity index (χ3v) is 3.10. The molecule has 0 bridgehead atoms. The van der Waals surface area contributed by atoms with Crippen LogP contribution in [0.5, 0.6) is 0 Å². The highest BCUT2D eigenvalue weighted by molar-refractivity contribution is 5.87. The quantitative estimate of drug-likeness (QED) is 0.599. The SMILES string of the molecule is COCCOC(=O)c1cncn1C(C)c1ccccc1. The maximum atomic E-state index is 12.0. The number of nitrogens with zero attached hydrogens (tertiary/aromatic N) is 2. The molecule has 0 aliphatic carbocycles. The molecule has 0 N–H and O–H groups in total. The molecule has 5 heteroatoms. The van der Waals surface area contributed by atoms with Crippen molar-refractivity contribution >= 4 is 5.97 Å². The van der Waals surface area contributed by atoms with Crippen molar-refractivity contribution in [3.63, 3.8) is 0 Å². The lowest BCUT2D eigenvalue weighted by Crippen LogP contribution is -2.17. The topological polar surface area (TPSA) is 53.4 Å². The minimum atomic E-state index is -0.387. The van der Waals surface area contributed by atoms with Gasteiger partial charge in [0.2, 0.25) is 0 Å². The van der Waals surface area contributed by atoms with E-state index in [1.54, 1.807) is 13.4 Å². The number of hydrogen-bond acceptors (Lipinski definition) is 4. The number of hydrogen-bond donors (Lipinski definition) is 0. The van der Waals surface area contributed by atoms with Crippen LogP contribution >= 0.6 is 0 Å². The lowest BCUT2D eigenvalue weighted by Gasteiger charge is -2.16. The molecule has 0 aliphatic heterocycles. The van der Waals surface area contributed by atoms with Gasteiger partial charge in [-0.15, -0.1) is 0 Å². The van der Waals surface area contributed by atoms with Crippen LogP contribution < -0.4 is 0 Å². The Morgan fingerprint density at radius 2 is 2.05 bits per heavy atom. The molecule has 2 aromatic rings. The molecule has 106 valence electrons. The van der Waals surface area contributed by atoms with E-state index in [4.69, 9.17) is 9.47 Å². The molecule has 0 fully saturated rings. The van der Waals surface area contributed by atoms with Crippen molar-refractivity contribution < 1.29 is 14.3 Å². The maximum Gasteiger partial charge on any atom is 0.356 e. The largest absolute Gasteiger partial charge is 0.459 e. The summed E-state index contributed by atoms with van der Waals surface area (Å²) in [6, 6.07) is 9.96. The first-order valence-corrected chi connectivity index (χ1v) is 6.47. The summed E-state index contributed by atoms with van der Waals surface area (Å²) in [5, 5.41) is 0. The Bertz CT molecular complexity index is 551. The van der Waals surface area contributed by atoms with Crippen molar-refractivity contribution in [2.45, 2.75) is 13.0 Å². The van der Waals surface area contributed by atoms with Gasteiger partial charge in [-0.2, -0.15) is 0 Å². The normalized spacial score (nSPS) is 12.1. The van der Waals surface area contributed by atoms with Crippen LogP contribution in [0.25, 0.3) is 0 Å². The fraction of sp³-hybridized carbons (Fsp3) is 0.333. The molecule has 1 atom stereocenters. The fourth-order valence-electron chi connectivity index (χ4n) is 1.96. The average Bonchev–Trinajstić information content (AvgIpc) is 2.97. The van der Waals surface area contributed by atoms with Crippen LogP contribution in [0.1, 0.15) is 29.0 Å². The van der Waals surface area contributed by atoms with Crippen molar-refractivity contribution in [1.29, 1.82) is 0 Å². The molecule has 0 saturated carbocycles. The van der Waals surface area contributed by atoms with Crippen LogP contribution in [0.2, 0.25) is 0 Å². The zero-order chi connectivity index (χ0) is 14.4. The van der Waals surface area contributed by atoms with Crippen molar-refractivity contribution in [3.05, 3.63) is 54.1 Å². The maximum absolute atomic E-state index is 12.0. The molecule has 1 unspecified atom stereocenters. The number of esters is 1. The summed E-state index contributed by atoms with van der Waals surface area (Å²) in [7, 11) is 1.57.